The summed E-state index contributed by atoms with van der Waals surface area (Å²) < 4.78 is 10.2. The zero-order valence-corrected chi connectivity index (χ0v) is 14.5. The zero-order valence-electron chi connectivity index (χ0n) is 14.5. The van der Waals surface area contributed by atoms with Crippen molar-refractivity contribution in [3.8, 4) is 0 Å². The second-order valence-corrected chi connectivity index (χ2v) is 5.64. The number of esters is 1. The Bertz CT molecular complexity index is 444. The predicted octanol–water partition coefficient (Wildman–Crippen LogP) is 2.64. The van der Waals surface area contributed by atoms with Crippen LogP contribution in [0.4, 0.5) is 0 Å². The molecule has 0 aromatic heterocycles. The average molecular weight is 344 g/mol. The Labute approximate surface area is 142 Å². The van der Waals surface area contributed by atoms with Crippen LogP contribution in [0.25, 0.3) is 0 Å². The van der Waals surface area contributed by atoms with Gasteiger partial charge in [0.05, 0.1) is 13.0 Å². The molecule has 138 valence electrons. The Hall–Kier alpha value is -1.89. The molecule has 0 heterocycles. The molecule has 0 saturated heterocycles. The van der Waals surface area contributed by atoms with Gasteiger partial charge in [0.25, 0.3) is 0 Å². The molecule has 0 radical (unpaired) electrons. The van der Waals surface area contributed by atoms with Crippen molar-refractivity contribution in [1.82, 2.24) is 0 Å². The Balaban J connectivity index is 4.79. The van der Waals surface area contributed by atoms with Crippen LogP contribution in [0.2, 0.25) is 0 Å². The van der Waals surface area contributed by atoms with Gasteiger partial charge in [-0.25, -0.2) is 4.79 Å². The van der Waals surface area contributed by atoms with Gasteiger partial charge >= 0.3 is 17.9 Å². The molecule has 0 aromatic rings. The number of unbranched alkanes of at least 4 members (excludes halogenated alkanes) is 2. The molecule has 0 saturated carbocycles. The van der Waals surface area contributed by atoms with Gasteiger partial charge in [-0.3, -0.25) is 9.59 Å². The molecular weight excluding hydrogens is 316 g/mol. The molecule has 0 aliphatic heterocycles. The zero-order chi connectivity index (χ0) is 18.6. The minimum Gasteiger partial charge on any atom is -0.481 e. The van der Waals surface area contributed by atoms with Gasteiger partial charge in [0.1, 0.15) is 12.0 Å². The molecule has 1 unspecified atom stereocenters. The van der Waals surface area contributed by atoms with Gasteiger partial charge in [-0.2, -0.15) is 0 Å². The van der Waals surface area contributed by atoms with E-state index in [-0.39, 0.29) is 19.6 Å². The van der Waals surface area contributed by atoms with Crippen molar-refractivity contribution in [2.24, 2.45) is 5.41 Å². The van der Waals surface area contributed by atoms with E-state index in [2.05, 4.69) is 6.58 Å². The average Bonchev–Trinajstić information content (AvgIpc) is 2.53. The third kappa shape index (κ3) is 7.12. The predicted molar refractivity (Wildman–Crippen MR) is 87.7 cm³/mol. The second-order valence-electron chi connectivity index (χ2n) is 5.64. The monoisotopic (exact) mass is 344 g/mol. The van der Waals surface area contributed by atoms with Crippen LogP contribution in [0.3, 0.4) is 0 Å². The Morgan fingerprint density at radius 2 is 1.62 bits per heavy atom. The van der Waals surface area contributed by atoms with Gasteiger partial charge in [-0.05, 0) is 12.8 Å². The molecule has 0 aliphatic rings. The quantitative estimate of drug-likeness (QED) is 0.283. The molecule has 2 N–H and O–H groups in total. The van der Waals surface area contributed by atoms with Crippen molar-refractivity contribution in [3.05, 3.63) is 12.2 Å². The number of carbonyl (C=O) groups is 3. The Kier molecular flexibility index (Phi) is 10.7. The van der Waals surface area contributed by atoms with Crippen LogP contribution in [0.5, 0.6) is 0 Å². The fourth-order valence-corrected chi connectivity index (χ4v) is 2.20. The Morgan fingerprint density at radius 3 is 2.12 bits per heavy atom. The van der Waals surface area contributed by atoms with E-state index in [1.165, 1.54) is 0 Å². The number of carboxylic acids is 2. The van der Waals surface area contributed by atoms with E-state index in [1.807, 2.05) is 13.8 Å². The van der Waals surface area contributed by atoms with E-state index in [0.717, 1.165) is 12.8 Å². The fourth-order valence-electron chi connectivity index (χ4n) is 2.20. The summed E-state index contributed by atoms with van der Waals surface area (Å²) in [6.07, 6.45) is 2.50. The maximum absolute atomic E-state index is 12.0. The van der Waals surface area contributed by atoms with Crippen LogP contribution in [0.15, 0.2) is 12.2 Å². The Morgan fingerprint density at radius 1 is 1.00 bits per heavy atom. The molecule has 7 heteroatoms. The summed E-state index contributed by atoms with van der Waals surface area (Å²) in [7, 11) is 0. The lowest BCUT2D eigenvalue weighted by Gasteiger charge is -2.28. The van der Waals surface area contributed by atoms with Crippen LogP contribution >= 0.6 is 0 Å². The molecule has 0 spiro atoms. The summed E-state index contributed by atoms with van der Waals surface area (Å²) >= 11 is 0. The van der Waals surface area contributed by atoms with Crippen molar-refractivity contribution < 1.29 is 34.1 Å². The first-order valence-electron chi connectivity index (χ1n) is 8.21. The normalized spacial score (nSPS) is 13.1. The second kappa shape index (κ2) is 11.6. The number of ether oxygens (including phenoxy) is 2. The first kappa shape index (κ1) is 22.1. The largest absolute Gasteiger partial charge is 0.481 e. The number of hydrogen-bond acceptors (Lipinski definition) is 5. The van der Waals surface area contributed by atoms with Crippen molar-refractivity contribution in [3.63, 3.8) is 0 Å². The van der Waals surface area contributed by atoms with Crippen LogP contribution < -0.4 is 0 Å². The molecule has 0 rings (SSSR count). The molecule has 1 atom stereocenters. The van der Waals surface area contributed by atoms with Gasteiger partial charge < -0.3 is 19.7 Å². The highest BCUT2D eigenvalue weighted by Gasteiger charge is 2.46. The van der Waals surface area contributed by atoms with Gasteiger partial charge in [-0.15, -0.1) is 0 Å². The van der Waals surface area contributed by atoms with Crippen molar-refractivity contribution in [1.29, 1.82) is 0 Å². The highest BCUT2D eigenvalue weighted by Crippen LogP contribution is 2.37. The van der Waals surface area contributed by atoms with Crippen LogP contribution in [0.1, 0.15) is 52.4 Å². The summed E-state index contributed by atoms with van der Waals surface area (Å²) in [5, 5.41) is 18.7. The number of carbonyl (C=O) groups excluding carboxylic acids is 1. The number of hydrogen-bond donors (Lipinski definition) is 2. The maximum atomic E-state index is 12.0. The maximum Gasteiger partial charge on any atom is 0.332 e. The first-order valence-corrected chi connectivity index (χ1v) is 8.21. The van der Waals surface area contributed by atoms with E-state index in [9.17, 15) is 19.5 Å². The van der Waals surface area contributed by atoms with Crippen molar-refractivity contribution in [2.45, 2.75) is 52.4 Å². The van der Waals surface area contributed by atoms with E-state index >= 15 is 0 Å². The van der Waals surface area contributed by atoms with Crippen LogP contribution in [-0.4, -0.2) is 47.9 Å². The van der Waals surface area contributed by atoms with E-state index < -0.39 is 35.3 Å². The molecular formula is C17H28O7. The molecule has 0 aromatic carbocycles. The highest BCUT2D eigenvalue weighted by molar-refractivity contribution is 5.98. The van der Waals surface area contributed by atoms with E-state index in [0.29, 0.717) is 19.4 Å². The summed E-state index contributed by atoms with van der Waals surface area (Å²) in [6, 6.07) is 0. The standard InChI is InChI=1S/C17H28O7/c1-4-6-8-17(16(21)22,13(3)15(19)20)12-14(18)24-11-10-23-9-7-5-2/h3-12H2,1-2H3,(H,19,20)(H,21,22). The highest BCUT2D eigenvalue weighted by atomic mass is 16.6. The smallest absolute Gasteiger partial charge is 0.332 e. The molecule has 24 heavy (non-hydrogen) atoms. The summed E-state index contributed by atoms with van der Waals surface area (Å²) in [4.78, 5) is 34.9. The first-order chi connectivity index (χ1) is 11.3. The van der Waals surface area contributed by atoms with Gasteiger partial charge in [0.15, 0.2) is 0 Å². The van der Waals surface area contributed by atoms with Crippen LogP contribution in [0, 0.1) is 5.41 Å². The molecule has 7 nitrogen and oxygen atoms in total. The summed E-state index contributed by atoms with van der Waals surface area (Å²) in [5.41, 5.74) is -2.35. The van der Waals surface area contributed by atoms with Crippen molar-refractivity contribution in [2.75, 3.05) is 19.8 Å². The van der Waals surface area contributed by atoms with E-state index in [1.54, 1.807) is 0 Å². The number of carboxylic acid groups (broad SMARTS) is 2. The molecule has 0 fully saturated rings. The van der Waals surface area contributed by atoms with Crippen molar-refractivity contribution >= 4 is 17.9 Å². The SMILES string of the molecule is C=C(C(=O)O)C(CCCC)(CC(=O)OCCOCCCC)C(=O)O. The third-order valence-electron chi connectivity index (χ3n) is 3.78. The van der Waals surface area contributed by atoms with E-state index in [4.69, 9.17) is 14.6 Å². The lowest BCUT2D eigenvalue weighted by atomic mass is 9.73. The number of aliphatic carboxylic acids is 2. The van der Waals surface area contributed by atoms with Crippen LogP contribution in [-0.2, 0) is 23.9 Å². The lowest BCUT2D eigenvalue weighted by Crippen LogP contribution is -2.38. The van der Waals surface area contributed by atoms with Gasteiger partial charge in [-0.1, -0.05) is 39.7 Å². The summed E-state index contributed by atoms with van der Waals surface area (Å²) in [6.45, 7) is 8.05. The molecule has 0 amide bonds. The minimum atomic E-state index is -1.85. The summed E-state index contributed by atoms with van der Waals surface area (Å²) in [5.74, 6) is -3.57. The van der Waals surface area contributed by atoms with Gasteiger partial charge in [0, 0.05) is 12.2 Å². The topological polar surface area (TPSA) is 110 Å². The number of rotatable bonds is 14. The molecule has 0 bridgehead atoms. The minimum absolute atomic E-state index is 0.00553. The van der Waals surface area contributed by atoms with Gasteiger partial charge in [0.2, 0.25) is 0 Å². The molecule has 0 aliphatic carbocycles. The lowest BCUT2D eigenvalue weighted by molar-refractivity contribution is -0.159. The fraction of sp³-hybridized carbons (Fsp3) is 0.706. The third-order valence-corrected chi connectivity index (χ3v) is 3.78.